The molecule has 0 N–H and O–H groups in total. The molecular weight excluding hydrogens is 229 g/mol. The van der Waals surface area contributed by atoms with Gasteiger partial charge in [-0.25, -0.2) is 4.39 Å². The zero-order valence-electron chi connectivity index (χ0n) is 11.1. The molecule has 2 rings (SSSR count). The van der Waals surface area contributed by atoms with Gasteiger partial charge in [-0.2, -0.15) is 0 Å². The molecule has 1 aliphatic heterocycles. The van der Waals surface area contributed by atoms with Crippen molar-refractivity contribution in [3.05, 3.63) is 30.1 Å². The topological polar surface area (TPSA) is 12.5 Å². The Morgan fingerprint density at radius 2 is 2.11 bits per heavy atom. The second-order valence-corrected chi connectivity index (χ2v) is 5.18. The van der Waals surface area contributed by atoms with E-state index < -0.39 is 0 Å². The molecular formula is C15H22FNO. The summed E-state index contributed by atoms with van der Waals surface area (Å²) >= 11 is 0. The van der Waals surface area contributed by atoms with Crippen LogP contribution in [0.5, 0.6) is 5.75 Å². The van der Waals surface area contributed by atoms with Crippen molar-refractivity contribution in [2.75, 3.05) is 26.2 Å². The molecule has 1 aliphatic rings. The van der Waals surface area contributed by atoms with Gasteiger partial charge in [0.2, 0.25) is 0 Å². The Labute approximate surface area is 109 Å². The first-order valence-corrected chi connectivity index (χ1v) is 6.85. The largest absolute Gasteiger partial charge is 0.493 e. The molecule has 1 saturated heterocycles. The Morgan fingerprint density at radius 1 is 1.33 bits per heavy atom. The van der Waals surface area contributed by atoms with Crippen LogP contribution >= 0.6 is 0 Å². The first-order chi connectivity index (χ1) is 8.74. The van der Waals surface area contributed by atoms with E-state index in [0.717, 1.165) is 18.9 Å². The van der Waals surface area contributed by atoms with Crippen molar-refractivity contribution in [3.63, 3.8) is 0 Å². The van der Waals surface area contributed by atoms with Gasteiger partial charge in [0.1, 0.15) is 11.6 Å². The van der Waals surface area contributed by atoms with Gasteiger partial charge in [-0.3, -0.25) is 0 Å². The monoisotopic (exact) mass is 251 g/mol. The minimum absolute atomic E-state index is 0.238. The van der Waals surface area contributed by atoms with Crippen LogP contribution in [-0.2, 0) is 0 Å². The lowest BCUT2D eigenvalue weighted by Gasteiger charge is -2.30. The minimum atomic E-state index is -0.238. The predicted molar refractivity (Wildman–Crippen MR) is 71.4 cm³/mol. The molecule has 1 heterocycles. The number of ether oxygens (including phenoxy) is 1. The van der Waals surface area contributed by atoms with Gasteiger partial charge in [0, 0.05) is 12.6 Å². The van der Waals surface area contributed by atoms with E-state index in [1.54, 1.807) is 12.1 Å². The molecule has 0 unspecified atom stereocenters. The molecule has 18 heavy (non-hydrogen) atoms. The molecule has 1 aromatic carbocycles. The lowest BCUT2D eigenvalue weighted by atomic mass is 9.99. The van der Waals surface area contributed by atoms with Crippen LogP contribution in [0, 0.1) is 11.7 Å². The third-order valence-electron chi connectivity index (χ3n) is 3.56. The fraction of sp³-hybridized carbons (Fsp3) is 0.600. The molecule has 100 valence electrons. The molecule has 1 fully saturated rings. The normalized spacial score (nSPS) is 17.9. The number of hydrogen-bond donors (Lipinski definition) is 0. The molecule has 0 radical (unpaired) electrons. The molecule has 0 atom stereocenters. The second kappa shape index (κ2) is 6.74. The summed E-state index contributed by atoms with van der Waals surface area (Å²) in [6.45, 7) is 6.49. The van der Waals surface area contributed by atoms with Crippen LogP contribution in [0.1, 0.15) is 26.2 Å². The highest BCUT2D eigenvalue weighted by Crippen LogP contribution is 2.16. The van der Waals surface area contributed by atoms with Crippen molar-refractivity contribution in [3.8, 4) is 5.75 Å². The van der Waals surface area contributed by atoms with Crippen molar-refractivity contribution in [2.45, 2.75) is 26.2 Å². The van der Waals surface area contributed by atoms with E-state index >= 15 is 0 Å². The maximum absolute atomic E-state index is 12.9. The van der Waals surface area contributed by atoms with Gasteiger partial charge in [0.15, 0.2) is 0 Å². The third kappa shape index (κ3) is 4.30. The zero-order chi connectivity index (χ0) is 12.8. The standard InChI is InChI=1S/C15H22FNO/c1-13-6-9-17(10-7-13)8-3-11-18-15-5-2-4-14(16)12-15/h2,4-5,12-13H,3,6-11H2,1H3. The highest BCUT2D eigenvalue weighted by molar-refractivity contribution is 5.22. The molecule has 3 heteroatoms. The maximum atomic E-state index is 12.9. The van der Waals surface area contributed by atoms with Crippen LogP contribution in [0.25, 0.3) is 0 Å². The quantitative estimate of drug-likeness (QED) is 0.744. The lowest BCUT2D eigenvalue weighted by Crippen LogP contribution is -2.34. The summed E-state index contributed by atoms with van der Waals surface area (Å²) in [7, 11) is 0. The Balaban J connectivity index is 1.61. The van der Waals surface area contributed by atoms with Gasteiger partial charge < -0.3 is 9.64 Å². The smallest absolute Gasteiger partial charge is 0.126 e. The van der Waals surface area contributed by atoms with Gasteiger partial charge in [-0.05, 0) is 50.4 Å². The van der Waals surface area contributed by atoms with Crippen molar-refractivity contribution in [1.82, 2.24) is 4.90 Å². The fourth-order valence-electron chi connectivity index (χ4n) is 2.32. The van der Waals surface area contributed by atoms with Gasteiger partial charge in [-0.15, -0.1) is 0 Å². The van der Waals surface area contributed by atoms with Crippen LogP contribution in [0.4, 0.5) is 4.39 Å². The summed E-state index contributed by atoms with van der Waals surface area (Å²) in [5.41, 5.74) is 0. The lowest BCUT2D eigenvalue weighted by molar-refractivity contribution is 0.177. The van der Waals surface area contributed by atoms with E-state index in [-0.39, 0.29) is 5.82 Å². The van der Waals surface area contributed by atoms with E-state index in [4.69, 9.17) is 4.74 Å². The summed E-state index contributed by atoms with van der Waals surface area (Å²) in [6.07, 6.45) is 3.63. The summed E-state index contributed by atoms with van der Waals surface area (Å²) in [5, 5.41) is 0. The van der Waals surface area contributed by atoms with Crippen molar-refractivity contribution < 1.29 is 9.13 Å². The Kier molecular flexibility index (Phi) is 5.00. The number of rotatable bonds is 5. The van der Waals surface area contributed by atoms with Crippen LogP contribution in [0.3, 0.4) is 0 Å². The summed E-state index contributed by atoms with van der Waals surface area (Å²) in [4.78, 5) is 2.49. The van der Waals surface area contributed by atoms with Crippen LogP contribution < -0.4 is 4.74 Å². The number of likely N-dealkylation sites (tertiary alicyclic amines) is 1. The number of halogens is 1. The van der Waals surface area contributed by atoms with Crippen molar-refractivity contribution in [2.24, 2.45) is 5.92 Å². The Hall–Kier alpha value is -1.09. The summed E-state index contributed by atoms with van der Waals surface area (Å²) in [6, 6.07) is 6.34. The first kappa shape index (κ1) is 13.3. The number of hydrogen-bond acceptors (Lipinski definition) is 2. The van der Waals surface area contributed by atoms with Gasteiger partial charge in [-0.1, -0.05) is 13.0 Å². The Bertz CT molecular complexity index is 361. The van der Waals surface area contributed by atoms with Crippen molar-refractivity contribution in [1.29, 1.82) is 0 Å². The molecule has 0 aliphatic carbocycles. The van der Waals surface area contributed by atoms with Crippen LogP contribution in [-0.4, -0.2) is 31.1 Å². The van der Waals surface area contributed by atoms with E-state index in [0.29, 0.717) is 12.4 Å². The molecule has 0 spiro atoms. The molecule has 1 aromatic rings. The number of nitrogens with zero attached hydrogens (tertiary/aromatic N) is 1. The average molecular weight is 251 g/mol. The average Bonchev–Trinajstić information content (AvgIpc) is 2.37. The molecule has 0 bridgehead atoms. The zero-order valence-corrected chi connectivity index (χ0v) is 11.1. The Morgan fingerprint density at radius 3 is 2.83 bits per heavy atom. The summed E-state index contributed by atoms with van der Waals surface area (Å²) < 4.78 is 18.4. The number of benzene rings is 1. The predicted octanol–water partition coefficient (Wildman–Crippen LogP) is 3.33. The van der Waals surface area contributed by atoms with E-state index in [1.807, 2.05) is 0 Å². The molecule has 2 nitrogen and oxygen atoms in total. The second-order valence-electron chi connectivity index (χ2n) is 5.18. The van der Waals surface area contributed by atoms with Crippen molar-refractivity contribution >= 4 is 0 Å². The first-order valence-electron chi connectivity index (χ1n) is 6.85. The van der Waals surface area contributed by atoms with Crippen LogP contribution in [0.15, 0.2) is 24.3 Å². The van der Waals surface area contributed by atoms with E-state index in [9.17, 15) is 4.39 Å². The third-order valence-corrected chi connectivity index (χ3v) is 3.56. The molecule has 0 amide bonds. The fourth-order valence-corrected chi connectivity index (χ4v) is 2.32. The van der Waals surface area contributed by atoms with Gasteiger partial charge in [0.25, 0.3) is 0 Å². The minimum Gasteiger partial charge on any atom is -0.493 e. The number of piperidine rings is 1. The van der Waals surface area contributed by atoms with E-state index in [1.165, 1.54) is 38.1 Å². The van der Waals surface area contributed by atoms with Gasteiger partial charge in [0.05, 0.1) is 6.61 Å². The maximum Gasteiger partial charge on any atom is 0.126 e. The summed E-state index contributed by atoms with van der Waals surface area (Å²) in [5.74, 6) is 1.27. The van der Waals surface area contributed by atoms with Gasteiger partial charge >= 0.3 is 0 Å². The van der Waals surface area contributed by atoms with Crippen LogP contribution in [0.2, 0.25) is 0 Å². The highest BCUT2D eigenvalue weighted by atomic mass is 19.1. The highest BCUT2D eigenvalue weighted by Gasteiger charge is 2.14. The SMILES string of the molecule is CC1CCN(CCCOc2cccc(F)c2)CC1. The van der Waals surface area contributed by atoms with E-state index in [2.05, 4.69) is 11.8 Å². The molecule has 0 saturated carbocycles. The molecule has 0 aromatic heterocycles.